The molecule has 0 fully saturated rings. The summed E-state index contributed by atoms with van der Waals surface area (Å²) in [5.41, 5.74) is 0. The molecule has 0 saturated carbocycles. The van der Waals surface area contributed by atoms with E-state index in [2.05, 4.69) is 29.4 Å². The van der Waals surface area contributed by atoms with Gasteiger partial charge >= 0.3 is 5.97 Å². The third-order valence-corrected chi connectivity index (χ3v) is 2.86. The molecule has 0 bridgehead atoms. The fraction of sp³-hybridized carbons (Fsp3) is 0.818. The van der Waals surface area contributed by atoms with Crippen LogP contribution < -0.4 is 0 Å². The Morgan fingerprint density at radius 2 is 2.24 bits per heavy atom. The molecule has 6 heteroatoms. The van der Waals surface area contributed by atoms with E-state index in [0.717, 1.165) is 31.5 Å². The van der Waals surface area contributed by atoms with Crippen LogP contribution in [0.5, 0.6) is 0 Å². The molecule has 1 N–H and O–H groups in total. The van der Waals surface area contributed by atoms with Crippen LogP contribution in [0.15, 0.2) is 0 Å². The molecule has 0 aliphatic rings. The zero-order chi connectivity index (χ0) is 12.7. The van der Waals surface area contributed by atoms with Crippen LogP contribution in [-0.2, 0) is 11.3 Å². The van der Waals surface area contributed by atoms with Gasteiger partial charge in [0.2, 0.25) is 0 Å². The first-order chi connectivity index (χ1) is 8.19. The van der Waals surface area contributed by atoms with Gasteiger partial charge in [0.25, 0.3) is 0 Å². The highest BCUT2D eigenvalue weighted by Crippen LogP contribution is 2.22. The van der Waals surface area contributed by atoms with E-state index in [9.17, 15) is 4.79 Å². The molecule has 0 aliphatic carbocycles. The Labute approximate surface area is 101 Å². The van der Waals surface area contributed by atoms with Gasteiger partial charge in [0.1, 0.15) is 0 Å². The molecule has 0 amide bonds. The molecule has 1 rings (SSSR count). The van der Waals surface area contributed by atoms with Gasteiger partial charge < -0.3 is 5.11 Å². The molecular formula is C11H20N4O2. The number of carboxylic acids is 1. The molecule has 1 aromatic heterocycles. The number of aliphatic carboxylic acids is 1. The van der Waals surface area contributed by atoms with Gasteiger partial charge in [0, 0.05) is 5.92 Å². The summed E-state index contributed by atoms with van der Waals surface area (Å²) in [6, 6.07) is 0. The van der Waals surface area contributed by atoms with Crippen molar-refractivity contribution in [2.75, 3.05) is 0 Å². The summed E-state index contributed by atoms with van der Waals surface area (Å²) in [6.45, 7) is 4.61. The highest BCUT2D eigenvalue weighted by Gasteiger charge is 2.17. The van der Waals surface area contributed by atoms with Crippen molar-refractivity contribution in [2.45, 2.75) is 58.4 Å². The second-order valence-electron chi connectivity index (χ2n) is 4.15. The molecular weight excluding hydrogens is 220 g/mol. The molecule has 1 aromatic rings. The van der Waals surface area contributed by atoms with Gasteiger partial charge in [-0.25, -0.2) is 4.68 Å². The van der Waals surface area contributed by atoms with Crippen LogP contribution in [0, 0.1) is 0 Å². The number of aryl methyl sites for hydroxylation is 1. The normalized spacial score (nSPS) is 12.6. The summed E-state index contributed by atoms with van der Waals surface area (Å²) >= 11 is 0. The van der Waals surface area contributed by atoms with E-state index >= 15 is 0 Å². The van der Waals surface area contributed by atoms with Crippen LogP contribution in [0.2, 0.25) is 0 Å². The van der Waals surface area contributed by atoms with Crippen LogP contribution in [0.25, 0.3) is 0 Å². The highest BCUT2D eigenvalue weighted by atomic mass is 16.4. The van der Waals surface area contributed by atoms with E-state index in [-0.39, 0.29) is 6.42 Å². The Morgan fingerprint density at radius 3 is 2.82 bits per heavy atom. The summed E-state index contributed by atoms with van der Waals surface area (Å²) in [4.78, 5) is 10.5. The molecule has 96 valence electrons. The predicted molar refractivity (Wildman–Crippen MR) is 62.6 cm³/mol. The third-order valence-electron chi connectivity index (χ3n) is 2.86. The number of carbonyl (C=O) groups is 1. The van der Waals surface area contributed by atoms with Gasteiger partial charge in [-0.3, -0.25) is 4.79 Å². The van der Waals surface area contributed by atoms with E-state index in [1.165, 1.54) is 0 Å². The Hall–Kier alpha value is -1.46. The van der Waals surface area contributed by atoms with Crippen molar-refractivity contribution in [3.05, 3.63) is 5.82 Å². The van der Waals surface area contributed by atoms with E-state index in [4.69, 9.17) is 5.11 Å². The summed E-state index contributed by atoms with van der Waals surface area (Å²) in [7, 11) is 0. The zero-order valence-corrected chi connectivity index (χ0v) is 10.5. The molecule has 1 unspecified atom stereocenters. The molecule has 1 heterocycles. The van der Waals surface area contributed by atoms with E-state index < -0.39 is 5.97 Å². The van der Waals surface area contributed by atoms with Crippen LogP contribution in [-0.4, -0.2) is 31.3 Å². The Morgan fingerprint density at radius 1 is 1.47 bits per heavy atom. The topological polar surface area (TPSA) is 80.9 Å². The van der Waals surface area contributed by atoms with Crippen molar-refractivity contribution in [3.63, 3.8) is 0 Å². The lowest BCUT2D eigenvalue weighted by atomic mass is 9.98. The maximum absolute atomic E-state index is 10.5. The predicted octanol–water partition coefficient (Wildman–Crippen LogP) is 1.83. The number of rotatable bonds is 8. The van der Waals surface area contributed by atoms with Gasteiger partial charge in [-0.05, 0) is 23.3 Å². The first-order valence-electron chi connectivity index (χ1n) is 6.16. The van der Waals surface area contributed by atoms with Crippen LogP contribution >= 0.6 is 0 Å². The maximum Gasteiger partial charge on any atom is 0.305 e. The average molecular weight is 240 g/mol. The lowest BCUT2D eigenvalue weighted by molar-refractivity contribution is -0.137. The van der Waals surface area contributed by atoms with Gasteiger partial charge in [0.05, 0.1) is 13.0 Å². The SMILES string of the molecule is CCCCC(CC)c1nnnn1CCC(=O)O. The minimum atomic E-state index is -0.826. The number of aromatic nitrogens is 4. The second-order valence-corrected chi connectivity index (χ2v) is 4.15. The minimum Gasteiger partial charge on any atom is -0.481 e. The van der Waals surface area contributed by atoms with Crippen molar-refractivity contribution in [1.82, 2.24) is 20.2 Å². The summed E-state index contributed by atoms with van der Waals surface area (Å²) in [5.74, 6) is 0.328. The average Bonchev–Trinajstić information content (AvgIpc) is 2.76. The molecule has 6 nitrogen and oxygen atoms in total. The van der Waals surface area contributed by atoms with E-state index in [1.54, 1.807) is 4.68 Å². The number of unbranched alkanes of at least 4 members (excludes halogenated alkanes) is 1. The van der Waals surface area contributed by atoms with E-state index in [0.29, 0.717) is 12.5 Å². The summed E-state index contributed by atoms with van der Waals surface area (Å²) in [5, 5.41) is 20.2. The number of hydrogen-bond donors (Lipinski definition) is 1. The zero-order valence-electron chi connectivity index (χ0n) is 10.5. The number of hydrogen-bond acceptors (Lipinski definition) is 4. The number of nitrogens with zero attached hydrogens (tertiary/aromatic N) is 4. The maximum atomic E-state index is 10.5. The van der Waals surface area contributed by atoms with Crippen LogP contribution in [0.3, 0.4) is 0 Å². The molecule has 0 aromatic carbocycles. The Bertz CT molecular complexity index is 351. The summed E-state index contributed by atoms with van der Waals surface area (Å²) < 4.78 is 1.62. The lowest BCUT2D eigenvalue weighted by Gasteiger charge is -2.13. The van der Waals surface area contributed by atoms with E-state index in [1.807, 2.05) is 0 Å². The first-order valence-corrected chi connectivity index (χ1v) is 6.16. The monoisotopic (exact) mass is 240 g/mol. The van der Waals surface area contributed by atoms with Crippen molar-refractivity contribution < 1.29 is 9.90 Å². The molecule has 1 atom stereocenters. The van der Waals surface area contributed by atoms with Gasteiger partial charge in [0.15, 0.2) is 5.82 Å². The van der Waals surface area contributed by atoms with Crippen molar-refractivity contribution in [3.8, 4) is 0 Å². The standard InChI is InChI=1S/C11H20N4O2/c1-3-5-6-9(4-2)11-12-13-14-15(11)8-7-10(16)17/h9H,3-8H2,1-2H3,(H,16,17). The summed E-state index contributed by atoms with van der Waals surface area (Å²) in [6.07, 6.45) is 4.38. The molecule has 0 aliphatic heterocycles. The van der Waals surface area contributed by atoms with Gasteiger partial charge in [-0.15, -0.1) is 5.10 Å². The fourth-order valence-corrected chi connectivity index (χ4v) is 1.83. The number of tetrazole rings is 1. The van der Waals surface area contributed by atoms with Crippen molar-refractivity contribution in [2.24, 2.45) is 0 Å². The second kappa shape index (κ2) is 6.98. The minimum absolute atomic E-state index is 0.0578. The third kappa shape index (κ3) is 4.13. The largest absolute Gasteiger partial charge is 0.481 e. The van der Waals surface area contributed by atoms with Gasteiger partial charge in [-0.1, -0.05) is 26.7 Å². The number of carboxylic acid groups (broad SMARTS) is 1. The quantitative estimate of drug-likeness (QED) is 0.749. The highest BCUT2D eigenvalue weighted by molar-refractivity contribution is 5.66. The molecule has 0 radical (unpaired) electrons. The van der Waals surface area contributed by atoms with Gasteiger partial charge in [-0.2, -0.15) is 0 Å². The Kier molecular flexibility index (Phi) is 5.59. The molecule has 0 spiro atoms. The molecule has 0 saturated heterocycles. The smallest absolute Gasteiger partial charge is 0.305 e. The van der Waals surface area contributed by atoms with Crippen LogP contribution in [0.1, 0.15) is 57.7 Å². The van der Waals surface area contributed by atoms with Crippen molar-refractivity contribution >= 4 is 5.97 Å². The van der Waals surface area contributed by atoms with Crippen molar-refractivity contribution in [1.29, 1.82) is 0 Å². The Balaban J connectivity index is 2.67. The molecule has 17 heavy (non-hydrogen) atoms. The fourth-order valence-electron chi connectivity index (χ4n) is 1.83. The van der Waals surface area contributed by atoms with Crippen LogP contribution in [0.4, 0.5) is 0 Å². The lowest BCUT2D eigenvalue weighted by Crippen LogP contribution is -2.13. The first kappa shape index (κ1) is 13.6.